The molecule has 0 fully saturated rings. The normalized spacial score (nSPS) is 13.6. The summed E-state index contributed by atoms with van der Waals surface area (Å²) in [6.07, 6.45) is 8.70. The van der Waals surface area contributed by atoms with E-state index in [4.69, 9.17) is 0 Å². The van der Waals surface area contributed by atoms with Gasteiger partial charge >= 0.3 is 0 Å². The number of fused-ring (bicyclic) bond motifs is 1. The van der Waals surface area contributed by atoms with Gasteiger partial charge in [0.1, 0.15) is 0 Å². The number of nitrogens with zero attached hydrogens (tertiary/aromatic N) is 1. The van der Waals surface area contributed by atoms with Crippen LogP contribution in [0.1, 0.15) is 71.7 Å². The van der Waals surface area contributed by atoms with Crippen molar-refractivity contribution in [3.8, 4) is 0 Å². The zero-order chi connectivity index (χ0) is 18.7. The monoisotopic (exact) mass is 497 g/mol. The topological polar surface area (TPSA) is 37.4 Å². The Morgan fingerprint density at radius 3 is 1.96 bits per heavy atom. The SMILES string of the molecule is CCCCCCCCc1ccc(N2C(=O)c3c(Br)sc(Br)c3C2=O)cc1. The van der Waals surface area contributed by atoms with Crippen LogP contribution in [0.2, 0.25) is 0 Å². The Morgan fingerprint density at radius 2 is 1.38 bits per heavy atom. The van der Waals surface area contributed by atoms with E-state index in [1.807, 2.05) is 24.3 Å². The molecule has 0 N–H and O–H groups in total. The second kappa shape index (κ2) is 8.81. The van der Waals surface area contributed by atoms with E-state index in [-0.39, 0.29) is 11.8 Å². The summed E-state index contributed by atoms with van der Waals surface area (Å²) in [5.41, 5.74) is 2.80. The first-order chi connectivity index (χ1) is 12.5. The molecule has 3 nitrogen and oxygen atoms in total. The number of hydrogen-bond acceptors (Lipinski definition) is 3. The number of rotatable bonds is 8. The van der Waals surface area contributed by atoms with Gasteiger partial charge in [-0.2, -0.15) is 0 Å². The molecule has 0 saturated heterocycles. The molecule has 0 saturated carbocycles. The molecule has 0 spiro atoms. The summed E-state index contributed by atoms with van der Waals surface area (Å²) >= 11 is 8.13. The third kappa shape index (κ3) is 3.97. The number of benzene rings is 1. The summed E-state index contributed by atoms with van der Waals surface area (Å²) in [6.45, 7) is 2.23. The molecule has 2 heterocycles. The average molecular weight is 499 g/mol. The van der Waals surface area contributed by atoms with Crippen LogP contribution in [0.25, 0.3) is 0 Å². The third-order valence-electron chi connectivity index (χ3n) is 4.67. The van der Waals surface area contributed by atoms with E-state index in [0.29, 0.717) is 24.4 Å². The van der Waals surface area contributed by atoms with Crippen molar-refractivity contribution in [3.63, 3.8) is 0 Å². The van der Waals surface area contributed by atoms with Crippen molar-refractivity contribution in [1.82, 2.24) is 0 Å². The fourth-order valence-corrected chi connectivity index (χ4v) is 6.33. The van der Waals surface area contributed by atoms with Gasteiger partial charge in [-0.15, -0.1) is 11.3 Å². The van der Waals surface area contributed by atoms with Crippen LogP contribution in [0, 0.1) is 0 Å². The van der Waals surface area contributed by atoms with Gasteiger partial charge in [-0.3, -0.25) is 9.59 Å². The van der Waals surface area contributed by atoms with E-state index in [1.165, 1.54) is 60.3 Å². The van der Waals surface area contributed by atoms with Crippen molar-refractivity contribution in [3.05, 3.63) is 48.5 Å². The maximum atomic E-state index is 12.7. The summed E-state index contributed by atoms with van der Waals surface area (Å²) in [7, 11) is 0. The Morgan fingerprint density at radius 1 is 0.846 bits per heavy atom. The third-order valence-corrected chi connectivity index (χ3v) is 7.20. The minimum absolute atomic E-state index is 0.262. The molecule has 0 bridgehead atoms. The summed E-state index contributed by atoms with van der Waals surface area (Å²) in [5, 5.41) is 0. The minimum Gasteiger partial charge on any atom is -0.268 e. The Hall–Kier alpha value is -0.980. The number of aryl methyl sites for hydroxylation is 1. The van der Waals surface area contributed by atoms with E-state index in [0.717, 1.165) is 6.42 Å². The van der Waals surface area contributed by atoms with Gasteiger partial charge in [-0.25, -0.2) is 4.90 Å². The lowest BCUT2D eigenvalue weighted by atomic mass is 10.0. The highest BCUT2D eigenvalue weighted by atomic mass is 79.9. The zero-order valence-corrected chi connectivity index (χ0v) is 18.7. The molecule has 3 rings (SSSR count). The molecule has 2 aromatic rings. The number of halogens is 2. The highest BCUT2D eigenvalue weighted by Gasteiger charge is 2.41. The highest BCUT2D eigenvalue weighted by molar-refractivity contribution is 9.12. The lowest BCUT2D eigenvalue weighted by molar-refractivity contribution is 0.0925. The van der Waals surface area contributed by atoms with E-state index < -0.39 is 0 Å². The summed E-state index contributed by atoms with van der Waals surface area (Å²) < 4.78 is 1.39. The fraction of sp³-hybridized carbons (Fsp3) is 0.400. The molecule has 0 aliphatic carbocycles. The van der Waals surface area contributed by atoms with Crippen molar-refractivity contribution in [2.24, 2.45) is 0 Å². The van der Waals surface area contributed by atoms with Crippen molar-refractivity contribution in [2.45, 2.75) is 51.9 Å². The summed E-state index contributed by atoms with van der Waals surface area (Å²) in [5.74, 6) is -0.523. The van der Waals surface area contributed by atoms with Crippen LogP contribution < -0.4 is 4.90 Å². The molecule has 1 aromatic carbocycles. The van der Waals surface area contributed by atoms with Gasteiger partial charge < -0.3 is 0 Å². The Labute approximate surface area is 175 Å². The van der Waals surface area contributed by atoms with Crippen LogP contribution in [0.3, 0.4) is 0 Å². The maximum Gasteiger partial charge on any atom is 0.268 e. The number of imide groups is 1. The molecule has 26 heavy (non-hydrogen) atoms. The molecule has 6 heteroatoms. The molecule has 1 aliphatic heterocycles. The Bertz CT molecular complexity index is 777. The van der Waals surface area contributed by atoms with Crippen molar-refractivity contribution in [2.75, 3.05) is 4.90 Å². The molecule has 138 valence electrons. The molecule has 1 aromatic heterocycles. The van der Waals surface area contributed by atoms with Crippen molar-refractivity contribution < 1.29 is 9.59 Å². The molecule has 0 unspecified atom stereocenters. The van der Waals surface area contributed by atoms with Crippen LogP contribution >= 0.6 is 43.2 Å². The quantitative estimate of drug-likeness (QED) is 0.291. The number of unbranched alkanes of at least 4 members (excludes halogenated alkanes) is 5. The smallest absolute Gasteiger partial charge is 0.268 e. The molecular weight excluding hydrogens is 478 g/mol. The highest BCUT2D eigenvalue weighted by Crippen LogP contribution is 2.43. The molecule has 2 amide bonds. The Balaban J connectivity index is 1.63. The lowest BCUT2D eigenvalue weighted by Gasteiger charge is -2.15. The predicted molar refractivity (Wildman–Crippen MR) is 114 cm³/mol. The number of hydrogen-bond donors (Lipinski definition) is 0. The first-order valence-corrected chi connectivity index (χ1v) is 11.4. The van der Waals surface area contributed by atoms with Crippen LogP contribution in [0.4, 0.5) is 5.69 Å². The van der Waals surface area contributed by atoms with Gasteiger partial charge in [0.25, 0.3) is 11.8 Å². The molecule has 0 radical (unpaired) electrons. The molecule has 0 atom stereocenters. The average Bonchev–Trinajstić information content (AvgIpc) is 3.07. The van der Waals surface area contributed by atoms with Gasteiger partial charge in [-0.1, -0.05) is 51.2 Å². The molecule has 1 aliphatic rings. The fourth-order valence-electron chi connectivity index (χ4n) is 3.23. The molecular formula is C20H21Br2NO2S. The van der Waals surface area contributed by atoms with Gasteiger partial charge in [0.15, 0.2) is 0 Å². The number of amides is 2. The summed E-state index contributed by atoms with van der Waals surface area (Å²) in [6, 6.07) is 7.80. The number of carbonyl (C=O) groups is 2. The van der Waals surface area contributed by atoms with Gasteiger partial charge in [0, 0.05) is 0 Å². The van der Waals surface area contributed by atoms with Gasteiger partial charge in [0.2, 0.25) is 0 Å². The predicted octanol–water partition coefficient (Wildman–Crippen LogP) is 6.98. The van der Waals surface area contributed by atoms with Crippen LogP contribution in [0.5, 0.6) is 0 Å². The minimum atomic E-state index is -0.262. The summed E-state index contributed by atoms with van der Waals surface area (Å²) in [4.78, 5) is 26.6. The number of thiophene rings is 1. The zero-order valence-electron chi connectivity index (χ0n) is 14.7. The van der Waals surface area contributed by atoms with E-state index in [9.17, 15) is 9.59 Å². The van der Waals surface area contributed by atoms with Gasteiger partial charge in [-0.05, 0) is 62.4 Å². The number of anilines is 1. The van der Waals surface area contributed by atoms with Crippen LogP contribution in [-0.4, -0.2) is 11.8 Å². The second-order valence-electron chi connectivity index (χ2n) is 6.53. The maximum absolute atomic E-state index is 12.7. The van der Waals surface area contributed by atoms with Crippen LogP contribution in [0.15, 0.2) is 31.8 Å². The Kier molecular flexibility index (Phi) is 6.70. The first kappa shape index (κ1) is 19.8. The van der Waals surface area contributed by atoms with E-state index >= 15 is 0 Å². The van der Waals surface area contributed by atoms with E-state index in [2.05, 4.69) is 38.8 Å². The van der Waals surface area contributed by atoms with Crippen molar-refractivity contribution in [1.29, 1.82) is 0 Å². The lowest BCUT2D eigenvalue weighted by Crippen LogP contribution is -2.29. The second-order valence-corrected chi connectivity index (χ2v) is 10.2. The van der Waals surface area contributed by atoms with E-state index in [1.54, 1.807) is 0 Å². The van der Waals surface area contributed by atoms with Crippen LogP contribution in [-0.2, 0) is 6.42 Å². The largest absolute Gasteiger partial charge is 0.268 e. The van der Waals surface area contributed by atoms with Crippen molar-refractivity contribution >= 4 is 60.7 Å². The number of carbonyl (C=O) groups excluding carboxylic acids is 2. The van der Waals surface area contributed by atoms with Gasteiger partial charge in [0.05, 0.1) is 24.4 Å². The standard InChI is InChI=1S/C20H21Br2NO2S/c1-2-3-4-5-6-7-8-13-9-11-14(12-10-13)23-19(24)15-16(20(23)25)18(22)26-17(15)21/h9-12H,2-8H2,1H3. The first-order valence-electron chi connectivity index (χ1n) is 9.00.